The summed E-state index contributed by atoms with van der Waals surface area (Å²) in [5.74, 6) is 0.730. The van der Waals surface area contributed by atoms with Gasteiger partial charge in [-0.25, -0.2) is 4.98 Å². The second kappa shape index (κ2) is 7.53. The highest BCUT2D eigenvalue weighted by Gasteiger charge is 2.16. The molecule has 0 radical (unpaired) electrons. The van der Waals surface area contributed by atoms with Gasteiger partial charge in [0.05, 0.1) is 22.7 Å². The second-order valence-electron chi connectivity index (χ2n) is 5.84. The first-order chi connectivity index (χ1) is 12.4. The van der Waals surface area contributed by atoms with Crippen LogP contribution in [-0.4, -0.2) is 16.8 Å². The summed E-state index contributed by atoms with van der Waals surface area (Å²) in [5, 5.41) is 5.63. The molecule has 0 aliphatic heterocycles. The van der Waals surface area contributed by atoms with Gasteiger partial charge < -0.3 is 15.1 Å². The van der Waals surface area contributed by atoms with Crippen LogP contribution in [0.5, 0.6) is 0 Å². The van der Waals surface area contributed by atoms with E-state index < -0.39 is 0 Å². The molecule has 0 atom stereocenters. The van der Waals surface area contributed by atoms with Crippen molar-refractivity contribution in [3.63, 3.8) is 0 Å². The van der Waals surface area contributed by atoms with E-state index in [1.54, 1.807) is 19.1 Å². The van der Waals surface area contributed by atoms with Crippen LogP contribution < -0.4 is 10.6 Å². The van der Waals surface area contributed by atoms with Gasteiger partial charge in [0.25, 0.3) is 5.91 Å². The Morgan fingerprint density at radius 2 is 1.92 bits per heavy atom. The third-order valence-corrected chi connectivity index (χ3v) is 4.74. The van der Waals surface area contributed by atoms with E-state index in [2.05, 4.69) is 15.6 Å². The molecule has 0 saturated heterocycles. The van der Waals surface area contributed by atoms with Crippen molar-refractivity contribution in [2.24, 2.45) is 0 Å². The van der Waals surface area contributed by atoms with Gasteiger partial charge in [0.15, 0.2) is 0 Å². The molecule has 7 heteroatoms. The average Bonchev–Trinajstić information content (AvgIpc) is 3.18. The number of hydrogen-bond donors (Lipinski definition) is 2. The highest BCUT2D eigenvalue weighted by Crippen LogP contribution is 2.28. The van der Waals surface area contributed by atoms with E-state index in [9.17, 15) is 9.59 Å². The average molecular weight is 369 g/mol. The fourth-order valence-corrected chi connectivity index (χ4v) is 3.27. The fourth-order valence-electron chi connectivity index (χ4n) is 2.48. The van der Waals surface area contributed by atoms with E-state index in [1.807, 2.05) is 31.2 Å². The lowest BCUT2D eigenvalue weighted by Gasteiger charge is -2.06. The molecule has 0 fully saturated rings. The minimum absolute atomic E-state index is 0.134. The molecule has 0 unspecified atom stereocenters. The molecule has 0 saturated carbocycles. The minimum Gasteiger partial charge on any atom is -0.441 e. The Balaban J connectivity index is 1.77. The largest absolute Gasteiger partial charge is 0.441 e. The summed E-state index contributed by atoms with van der Waals surface area (Å²) in [4.78, 5) is 29.8. The van der Waals surface area contributed by atoms with Crippen molar-refractivity contribution in [3.05, 3.63) is 57.6 Å². The first kappa shape index (κ1) is 17.9. The predicted octanol–water partition coefficient (Wildman–Crippen LogP) is 3.91. The molecule has 3 aromatic rings. The Kier molecular flexibility index (Phi) is 5.18. The number of benzene rings is 1. The van der Waals surface area contributed by atoms with Gasteiger partial charge in [-0.1, -0.05) is 12.1 Å². The number of amides is 2. The minimum atomic E-state index is -0.167. The number of aryl methyl sites for hydroxylation is 2. The SMILES string of the molecule is CC(=O)Nc1ccccc1-c1nc(CNC(=O)c2ccc(C)s2)c(C)o1. The maximum atomic E-state index is 12.2. The topological polar surface area (TPSA) is 84.2 Å². The molecule has 0 aliphatic carbocycles. The van der Waals surface area contributed by atoms with Crippen LogP contribution in [0.4, 0.5) is 5.69 Å². The van der Waals surface area contributed by atoms with Crippen molar-refractivity contribution in [2.75, 3.05) is 5.32 Å². The van der Waals surface area contributed by atoms with E-state index in [0.717, 1.165) is 4.88 Å². The third-order valence-electron chi connectivity index (χ3n) is 3.74. The normalized spacial score (nSPS) is 10.6. The maximum Gasteiger partial charge on any atom is 0.261 e. The van der Waals surface area contributed by atoms with E-state index in [-0.39, 0.29) is 18.4 Å². The maximum absolute atomic E-state index is 12.2. The van der Waals surface area contributed by atoms with Crippen molar-refractivity contribution in [2.45, 2.75) is 27.3 Å². The molecule has 26 heavy (non-hydrogen) atoms. The smallest absolute Gasteiger partial charge is 0.261 e. The van der Waals surface area contributed by atoms with Gasteiger partial charge in [-0.2, -0.15) is 0 Å². The van der Waals surface area contributed by atoms with Crippen LogP contribution in [0.25, 0.3) is 11.5 Å². The third kappa shape index (κ3) is 4.00. The number of aromatic nitrogens is 1. The van der Waals surface area contributed by atoms with E-state index >= 15 is 0 Å². The van der Waals surface area contributed by atoms with Gasteiger partial charge in [0.1, 0.15) is 11.5 Å². The van der Waals surface area contributed by atoms with Crippen LogP contribution in [0.3, 0.4) is 0 Å². The number of hydrogen-bond acceptors (Lipinski definition) is 5. The lowest BCUT2D eigenvalue weighted by atomic mass is 10.1. The Morgan fingerprint density at radius 3 is 2.62 bits per heavy atom. The van der Waals surface area contributed by atoms with Crippen molar-refractivity contribution >= 4 is 28.8 Å². The predicted molar refractivity (Wildman–Crippen MR) is 101 cm³/mol. The zero-order valence-electron chi connectivity index (χ0n) is 14.8. The molecule has 0 spiro atoms. The Bertz CT molecular complexity index is 959. The molecule has 1 aromatic carbocycles. The summed E-state index contributed by atoms with van der Waals surface area (Å²) < 4.78 is 5.75. The summed E-state index contributed by atoms with van der Waals surface area (Å²) in [7, 11) is 0. The lowest BCUT2D eigenvalue weighted by Crippen LogP contribution is -2.22. The summed E-state index contributed by atoms with van der Waals surface area (Å²) in [5.41, 5.74) is 1.97. The van der Waals surface area contributed by atoms with Gasteiger partial charge >= 0.3 is 0 Å². The quantitative estimate of drug-likeness (QED) is 0.714. The Morgan fingerprint density at radius 1 is 1.15 bits per heavy atom. The molecule has 6 nitrogen and oxygen atoms in total. The van der Waals surface area contributed by atoms with Crippen LogP contribution in [0, 0.1) is 13.8 Å². The number of carbonyl (C=O) groups excluding carboxylic acids is 2. The number of nitrogens with one attached hydrogen (secondary N) is 2. The second-order valence-corrected chi connectivity index (χ2v) is 7.13. The Labute approximate surface area is 155 Å². The van der Waals surface area contributed by atoms with Gasteiger partial charge in [-0.05, 0) is 38.1 Å². The summed E-state index contributed by atoms with van der Waals surface area (Å²) in [6, 6.07) is 11.0. The zero-order chi connectivity index (χ0) is 18.7. The number of para-hydroxylation sites is 1. The molecule has 3 rings (SSSR count). The van der Waals surface area contributed by atoms with Gasteiger partial charge in [-0.3, -0.25) is 9.59 Å². The van der Waals surface area contributed by atoms with Crippen molar-refractivity contribution < 1.29 is 14.0 Å². The van der Waals surface area contributed by atoms with Gasteiger partial charge in [0.2, 0.25) is 11.8 Å². The first-order valence-corrected chi connectivity index (χ1v) is 8.93. The van der Waals surface area contributed by atoms with Crippen molar-refractivity contribution in [3.8, 4) is 11.5 Å². The molecule has 2 N–H and O–H groups in total. The van der Waals surface area contributed by atoms with Crippen molar-refractivity contribution in [1.29, 1.82) is 0 Å². The number of rotatable bonds is 5. The van der Waals surface area contributed by atoms with Crippen LogP contribution in [0.2, 0.25) is 0 Å². The van der Waals surface area contributed by atoms with Crippen LogP contribution in [0.15, 0.2) is 40.8 Å². The summed E-state index contributed by atoms with van der Waals surface area (Å²) in [6.45, 7) is 5.48. The molecule has 2 aromatic heterocycles. The number of nitrogens with zero attached hydrogens (tertiary/aromatic N) is 1. The zero-order valence-corrected chi connectivity index (χ0v) is 15.6. The van der Waals surface area contributed by atoms with Crippen LogP contribution in [-0.2, 0) is 11.3 Å². The fraction of sp³-hybridized carbons (Fsp3) is 0.211. The van der Waals surface area contributed by atoms with E-state index in [0.29, 0.717) is 33.5 Å². The standard InChI is InChI=1S/C19H19N3O3S/c1-11-8-9-17(26-11)18(24)20-10-16-12(2)25-19(22-16)14-6-4-5-7-15(14)21-13(3)23/h4-9H,10H2,1-3H3,(H,20,24)(H,21,23). The van der Waals surface area contributed by atoms with Gasteiger partial charge in [-0.15, -0.1) is 11.3 Å². The molecule has 0 bridgehead atoms. The molecular formula is C19H19N3O3S. The van der Waals surface area contributed by atoms with Gasteiger partial charge in [0, 0.05) is 11.8 Å². The number of oxazole rings is 1. The molecule has 2 amide bonds. The molecule has 0 aliphatic rings. The number of anilines is 1. The highest BCUT2D eigenvalue weighted by atomic mass is 32.1. The summed E-state index contributed by atoms with van der Waals surface area (Å²) >= 11 is 1.45. The summed E-state index contributed by atoms with van der Waals surface area (Å²) in [6.07, 6.45) is 0. The van der Waals surface area contributed by atoms with E-state index in [1.165, 1.54) is 18.3 Å². The monoisotopic (exact) mass is 369 g/mol. The Hall–Kier alpha value is -2.93. The van der Waals surface area contributed by atoms with Crippen molar-refractivity contribution in [1.82, 2.24) is 10.3 Å². The molecule has 134 valence electrons. The molecule has 2 heterocycles. The van der Waals surface area contributed by atoms with Crippen LogP contribution >= 0.6 is 11.3 Å². The first-order valence-electron chi connectivity index (χ1n) is 8.12. The molecular weight excluding hydrogens is 350 g/mol. The lowest BCUT2D eigenvalue weighted by molar-refractivity contribution is -0.114. The number of thiophene rings is 1. The van der Waals surface area contributed by atoms with Crippen LogP contribution in [0.1, 0.15) is 32.9 Å². The highest BCUT2D eigenvalue weighted by molar-refractivity contribution is 7.13. The van der Waals surface area contributed by atoms with E-state index in [4.69, 9.17) is 4.42 Å². The number of carbonyl (C=O) groups is 2.